The fourth-order valence-corrected chi connectivity index (χ4v) is 3.04. The molecule has 1 aromatic rings. The number of hydrogen-bond acceptors (Lipinski definition) is 3. The van der Waals surface area contributed by atoms with E-state index in [1.54, 1.807) is 0 Å². The van der Waals surface area contributed by atoms with Crippen LogP contribution >= 0.6 is 15.9 Å². The van der Waals surface area contributed by atoms with Crippen LogP contribution in [-0.4, -0.2) is 32.3 Å². The highest BCUT2D eigenvalue weighted by atomic mass is 79.9. The lowest BCUT2D eigenvalue weighted by atomic mass is 10.1. The molecule has 1 fully saturated rings. The largest absolute Gasteiger partial charge is 0.377 e. The average Bonchev–Trinajstić information content (AvgIpc) is 2.40. The number of ether oxygens (including phenoxy) is 1. The molecule has 0 saturated carbocycles. The van der Waals surface area contributed by atoms with Gasteiger partial charge in [-0.1, -0.05) is 13.0 Å². The van der Waals surface area contributed by atoms with E-state index in [-0.39, 0.29) is 0 Å². The molecule has 1 aliphatic rings. The summed E-state index contributed by atoms with van der Waals surface area (Å²) in [4.78, 5) is 2.41. The molecule has 106 valence electrons. The van der Waals surface area contributed by atoms with Crippen molar-refractivity contribution in [3.63, 3.8) is 0 Å². The first-order chi connectivity index (χ1) is 9.22. The highest BCUT2D eigenvalue weighted by molar-refractivity contribution is 9.10. The number of nitrogens with zero attached hydrogens (tertiary/aromatic N) is 1. The first-order valence-electron chi connectivity index (χ1n) is 7.06. The lowest BCUT2D eigenvalue weighted by Gasteiger charge is -2.36. The second-order valence-electron chi connectivity index (χ2n) is 5.08. The van der Waals surface area contributed by atoms with E-state index in [9.17, 15) is 0 Å². The second-order valence-corrected chi connectivity index (χ2v) is 5.93. The molecule has 1 saturated heterocycles. The van der Waals surface area contributed by atoms with Crippen molar-refractivity contribution in [3.8, 4) is 0 Å². The molecule has 0 radical (unpaired) electrons. The minimum absolute atomic E-state index is 0.439. The van der Waals surface area contributed by atoms with E-state index in [1.165, 1.54) is 22.1 Å². The Bertz CT molecular complexity index is 411. The van der Waals surface area contributed by atoms with Crippen molar-refractivity contribution in [2.45, 2.75) is 32.9 Å². The summed E-state index contributed by atoms with van der Waals surface area (Å²) in [7, 11) is 0. The number of anilines is 1. The summed E-state index contributed by atoms with van der Waals surface area (Å²) >= 11 is 3.71. The monoisotopic (exact) mass is 326 g/mol. The average molecular weight is 327 g/mol. The molecular formula is C15H23BrN2O. The lowest BCUT2D eigenvalue weighted by molar-refractivity contribution is 0.0989. The Morgan fingerprint density at radius 3 is 3.00 bits per heavy atom. The predicted molar refractivity (Wildman–Crippen MR) is 83.8 cm³/mol. The van der Waals surface area contributed by atoms with Gasteiger partial charge >= 0.3 is 0 Å². The van der Waals surface area contributed by atoms with E-state index in [1.807, 2.05) is 0 Å². The molecule has 1 aliphatic heterocycles. The van der Waals surface area contributed by atoms with E-state index in [4.69, 9.17) is 4.74 Å². The molecule has 0 aliphatic carbocycles. The summed E-state index contributed by atoms with van der Waals surface area (Å²) in [6.45, 7) is 9.00. The Balaban J connectivity index is 2.05. The Hall–Kier alpha value is -0.580. The zero-order valence-electron chi connectivity index (χ0n) is 11.8. The molecule has 0 amide bonds. The number of nitrogens with one attached hydrogen (secondary N) is 1. The van der Waals surface area contributed by atoms with Crippen molar-refractivity contribution in [2.24, 2.45) is 0 Å². The van der Waals surface area contributed by atoms with E-state index in [2.05, 4.69) is 58.2 Å². The van der Waals surface area contributed by atoms with Crippen LogP contribution in [-0.2, 0) is 11.3 Å². The third-order valence-corrected chi connectivity index (χ3v) is 4.08. The van der Waals surface area contributed by atoms with Crippen molar-refractivity contribution in [1.82, 2.24) is 5.32 Å². The maximum atomic E-state index is 5.50. The molecule has 1 aromatic carbocycles. The zero-order valence-corrected chi connectivity index (χ0v) is 13.4. The molecular weight excluding hydrogens is 304 g/mol. The molecule has 0 bridgehead atoms. The molecule has 1 atom stereocenters. The molecule has 19 heavy (non-hydrogen) atoms. The Labute approximate surface area is 124 Å². The topological polar surface area (TPSA) is 24.5 Å². The van der Waals surface area contributed by atoms with Crippen LogP contribution in [0.15, 0.2) is 22.7 Å². The maximum absolute atomic E-state index is 5.50. The molecule has 1 heterocycles. The number of benzene rings is 1. The minimum Gasteiger partial charge on any atom is -0.377 e. The Morgan fingerprint density at radius 1 is 1.47 bits per heavy atom. The summed E-state index contributed by atoms with van der Waals surface area (Å²) in [5.74, 6) is 0. The Kier molecular flexibility index (Phi) is 5.67. The molecule has 1 N–H and O–H groups in total. The van der Waals surface area contributed by atoms with E-state index in [0.717, 1.165) is 32.8 Å². The quantitative estimate of drug-likeness (QED) is 0.841. The summed E-state index contributed by atoms with van der Waals surface area (Å²) in [6, 6.07) is 7.09. The van der Waals surface area contributed by atoms with Gasteiger partial charge in [0.15, 0.2) is 0 Å². The van der Waals surface area contributed by atoms with Crippen molar-refractivity contribution < 1.29 is 4.74 Å². The normalized spacial score (nSPS) is 19.7. The van der Waals surface area contributed by atoms with Crippen LogP contribution in [0.1, 0.15) is 25.8 Å². The van der Waals surface area contributed by atoms with Gasteiger partial charge in [0.2, 0.25) is 0 Å². The van der Waals surface area contributed by atoms with Crippen LogP contribution in [0.25, 0.3) is 0 Å². The first kappa shape index (κ1) is 14.8. The third-order valence-electron chi connectivity index (χ3n) is 3.45. The van der Waals surface area contributed by atoms with Crippen LogP contribution < -0.4 is 10.2 Å². The lowest BCUT2D eigenvalue weighted by Crippen LogP contribution is -2.43. The van der Waals surface area contributed by atoms with Gasteiger partial charge in [-0.05, 0) is 53.5 Å². The zero-order chi connectivity index (χ0) is 13.7. The van der Waals surface area contributed by atoms with Crippen molar-refractivity contribution >= 4 is 21.6 Å². The van der Waals surface area contributed by atoms with Gasteiger partial charge in [0, 0.05) is 23.6 Å². The molecule has 3 nitrogen and oxygen atoms in total. The summed E-state index contributed by atoms with van der Waals surface area (Å²) in [6.07, 6.45) is 1.17. The van der Waals surface area contributed by atoms with Crippen LogP contribution in [0.4, 0.5) is 5.69 Å². The van der Waals surface area contributed by atoms with Crippen LogP contribution in [0.5, 0.6) is 0 Å². The van der Waals surface area contributed by atoms with Crippen molar-refractivity contribution in [2.75, 3.05) is 31.2 Å². The van der Waals surface area contributed by atoms with Gasteiger partial charge in [0.05, 0.1) is 18.9 Å². The fourth-order valence-electron chi connectivity index (χ4n) is 2.39. The third kappa shape index (κ3) is 3.94. The minimum atomic E-state index is 0.439. The molecule has 1 unspecified atom stereocenters. The van der Waals surface area contributed by atoms with Gasteiger partial charge in [-0.3, -0.25) is 0 Å². The fraction of sp³-hybridized carbons (Fsp3) is 0.600. The molecule has 4 heteroatoms. The number of rotatable bonds is 5. The van der Waals surface area contributed by atoms with Gasteiger partial charge in [-0.25, -0.2) is 0 Å². The van der Waals surface area contributed by atoms with Crippen molar-refractivity contribution in [3.05, 3.63) is 28.2 Å². The number of hydrogen-bond donors (Lipinski definition) is 1. The molecule has 2 rings (SSSR count). The summed E-state index contributed by atoms with van der Waals surface area (Å²) in [5.41, 5.74) is 2.60. The van der Waals surface area contributed by atoms with Crippen LogP contribution in [0.3, 0.4) is 0 Å². The highest BCUT2D eigenvalue weighted by Crippen LogP contribution is 2.29. The van der Waals surface area contributed by atoms with E-state index < -0.39 is 0 Å². The van der Waals surface area contributed by atoms with Gasteiger partial charge in [-0.2, -0.15) is 0 Å². The smallest absolute Gasteiger partial charge is 0.0668 e. The number of halogens is 1. The standard InChI is InChI=1S/C15H23BrN2O/c1-3-6-17-10-13-4-5-15(14(16)9-13)18-7-8-19-11-12(18)2/h4-5,9,12,17H,3,6-8,10-11H2,1-2H3. The predicted octanol–water partition coefficient (Wildman–Crippen LogP) is 3.17. The summed E-state index contributed by atoms with van der Waals surface area (Å²) < 4.78 is 6.67. The SMILES string of the molecule is CCCNCc1ccc(N2CCOCC2C)c(Br)c1. The van der Waals surface area contributed by atoms with Crippen LogP contribution in [0.2, 0.25) is 0 Å². The van der Waals surface area contributed by atoms with Gasteiger partial charge in [0.25, 0.3) is 0 Å². The van der Waals surface area contributed by atoms with E-state index >= 15 is 0 Å². The van der Waals surface area contributed by atoms with Gasteiger partial charge in [-0.15, -0.1) is 0 Å². The maximum Gasteiger partial charge on any atom is 0.0668 e. The molecule has 0 spiro atoms. The first-order valence-corrected chi connectivity index (χ1v) is 7.85. The second kappa shape index (κ2) is 7.27. The van der Waals surface area contributed by atoms with Gasteiger partial charge < -0.3 is 15.0 Å². The Morgan fingerprint density at radius 2 is 2.32 bits per heavy atom. The molecule has 0 aromatic heterocycles. The van der Waals surface area contributed by atoms with Gasteiger partial charge in [0.1, 0.15) is 0 Å². The van der Waals surface area contributed by atoms with Crippen LogP contribution in [0, 0.1) is 0 Å². The number of morpholine rings is 1. The highest BCUT2D eigenvalue weighted by Gasteiger charge is 2.20. The van der Waals surface area contributed by atoms with E-state index in [0.29, 0.717) is 6.04 Å². The van der Waals surface area contributed by atoms with Crippen molar-refractivity contribution in [1.29, 1.82) is 0 Å². The summed E-state index contributed by atoms with van der Waals surface area (Å²) in [5, 5.41) is 3.43.